The highest BCUT2D eigenvalue weighted by atomic mass is 35.5. The summed E-state index contributed by atoms with van der Waals surface area (Å²) in [5.74, 6) is 0. The lowest BCUT2D eigenvalue weighted by Gasteiger charge is -2.33. The van der Waals surface area contributed by atoms with E-state index in [9.17, 15) is 13.2 Å². The van der Waals surface area contributed by atoms with Crippen molar-refractivity contribution in [3.8, 4) is 6.01 Å². The third kappa shape index (κ3) is 4.60. The van der Waals surface area contributed by atoms with Gasteiger partial charge in [-0.1, -0.05) is 0 Å². The first kappa shape index (κ1) is 18.1. The van der Waals surface area contributed by atoms with E-state index in [0.717, 1.165) is 51.1 Å². The Kier molecular flexibility index (Phi) is 5.57. The van der Waals surface area contributed by atoms with Crippen molar-refractivity contribution in [3.63, 3.8) is 0 Å². The molecule has 0 saturated carbocycles. The Bertz CT molecular complexity index is 506. The molecule has 23 heavy (non-hydrogen) atoms. The van der Waals surface area contributed by atoms with E-state index in [-0.39, 0.29) is 18.4 Å². The van der Waals surface area contributed by atoms with E-state index in [2.05, 4.69) is 24.9 Å². The van der Waals surface area contributed by atoms with Gasteiger partial charge in [0.1, 0.15) is 0 Å². The number of rotatable bonds is 3. The molecule has 1 aromatic heterocycles. The molecule has 2 saturated heterocycles. The third-order valence-corrected chi connectivity index (χ3v) is 4.45. The summed E-state index contributed by atoms with van der Waals surface area (Å²) in [5, 5.41) is 3.37. The van der Waals surface area contributed by atoms with E-state index in [4.69, 9.17) is 0 Å². The van der Waals surface area contributed by atoms with Crippen LogP contribution in [0.1, 0.15) is 19.3 Å². The first-order valence-corrected chi connectivity index (χ1v) is 7.43. The summed E-state index contributed by atoms with van der Waals surface area (Å²) in [6.07, 6.45) is 2.17. The molecule has 2 fully saturated rings. The number of halogens is 4. The second kappa shape index (κ2) is 7.09. The van der Waals surface area contributed by atoms with Crippen LogP contribution in [0.4, 0.5) is 18.9 Å². The number of anilines is 1. The van der Waals surface area contributed by atoms with Gasteiger partial charge < -0.3 is 15.0 Å². The van der Waals surface area contributed by atoms with Crippen molar-refractivity contribution in [2.24, 2.45) is 5.41 Å². The number of nitrogens with zero attached hydrogens (tertiary/aromatic N) is 3. The zero-order valence-electron chi connectivity index (χ0n) is 12.6. The van der Waals surface area contributed by atoms with E-state index in [0.29, 0.717) is 5.41 Å². The van der Waals surface area contributed by atoms with Gasteiger partial charge in [0.2, 0.25) is 0 Å². The van der Waals surface area contributed by atoms with Crippen molar-refractivity contribution in [1.29, 1.82) is 0 Å². The molecule has 2 aliphatic heterocycles. The monoisotopic (exact) mass is 352 g/mol. The summed E-state index contributed by atoms with van der Waals surface area (Å²) in [4.78, 5) is 9.95. The molecular formula is C14H20ClF3N4O. The van der Waals surface area contributed by atoms with Crippen LogP contribution >= 0.6 is 12.4 Å². The third-order valence-electron chi connectivity index (χ3n) is 4.45. The molecule has 1 N–H and O–H groups in total. The average molecular weight is 353 g/mol. The van der Waals surface area contributed by atoms with E-state index < -0.39 is 12.8 Å². The number of hydrogen-bond acceptors (Lipinski definition) is 5. The molecule has 1 spiro atoms. The van der Waals surface area contributed by atoms with Gasteiger partial charge in [0.15, 0.2) is 6.61 Å². The summed E-state index contributed by atoms with van der Waals surface area (Å²) >= 11 is 0. The van der Waals surface area contributed by atoms with Gasteiger partial charge in [-0.05, 0) is 37.8 Å². The van der Waals surface area contributed by atoms with Gasteiger partial charge in [-0.3, -0.25) is 0 Å². The van der Waals surface area contributed by atoms with Crippen LogP contribution in [0, 0.1) is 5.41 Å². The first-order chi connectivity index (χ1) is 10.5. The smallest absolute Gasteiger partial charge is 0.422 e. The molecule has 130 valence electrons. The summed E-state index contributed by atoms with van der Waals surface area (Å²) in [6, 6.07) is -0.239. The number of nitrogens with one attached hydrogen (secondary N) is 1. The Morgan fingerprint density at radius 1 is 1.17 bits per heavy atom. The van der Waals surface area contributed by atoms with Crippen molar-refractivity contribution in [1.82, 2.24) is 15.3 Å². The zero-order valence-corrected chi connectivity index (χ0v) is 13.4. The summed E-state index contributed by atoms with van der Waals surface area (Å²) in [7, 11) is 0. The standard InChI is InChI=1S/C14H19F3N4O.ClH/c15-14(16,17)10-22-12-19-7-11(8-20-12)21-6-3-13(9-21)1-4-18-5-2-13;/h7-8,18H,1-6,9-10H2;1H. The maximum Gasteiger partial charge on any atom is 0.422 e. The number of aromatic nitrogens is 2. The van der Waals surface area contributed by atoms with Crippen LogP contribution in [-0.4, -0.2) is 48.9 Å². The molecule has 0 unspecified atom stereocenters. The number of hydrogen-bond donors (Lipinski definition) is 1. The molecule has 5 nitrogen and oxygen atoms in total. The predicted octanol–water partition coefficient (Wildman–Crippen LogP) is 2.42. The van der Waals surface area contributed by atoms with Gasteiger partial charge in [0, 0.05) is 13.1 Å². The second-order valence-corrected chi connectivity index (χ2v) is 6.05. The predicted molar refractivity (Wildman–Crippen MR) is 82.2 cm³/mol. The molecular weight excluding hydrogens is 333 g/mol. The minimum absolute atomic E-state index is 0. The lowest BCUT2D eigenvalue weighted by Crippen LogP contribution is -2.38. The minimum atomic E-state index is -4.38. The molecule has 0 bridgehead atoms. The minimum Gasteiger partial charge on any atom is -0.454 e. The highest BCUT2D eigenvalue weighted by Crippen LogP contribution is 2.40. The molecule has 9 heteroatoms. The van der Waals surface area contributed by atoms with Crippen LogP contribution < -0.4 is 15.0 Å². The molecule has 2 aliphatic rings. The second-order valence-electron chi connectivity index (χ2n) is 6.05. The lowest BCUT2D eigenvalue weighted by molar-refractivity contribution is -0.154. The van der Waals surface area contributed by atoms with Crippen molar-refractivity contribution in [2.75, 3.05) is 37.7 Å². The van der Waals surface area contributed by atoms with Crippen molar-refractivity contribution in [2.45, 2.75) is 25.4 Å². The topological polar surface area (TPSA) is 50.3 Å². The maximum atomic E-state index is 12.1. The molecule has 3 rings (SSSR count). The molecule has 0 aliphatic carbocycles. The molecule has 0 atom stereocenters. The fourth-order valence-electron chi connectivity index (χ4n) is 3.21. The molecule has 0 aromatic carbocycles. The Morgan fingerprint density at radius 2 is 1.83 bits per heavy atom. The zero-order chi connectivity index (χ0) is 15.6. The molecule has 1 aromatic rings. The van der Waals surface area contributed by atoms with Gasteiger partial charge in [-0.15, -0.1) is 12.4 Å². The highest BCUT2D eigenvalue weighted by molar-refractivity contribution is 5.85. The van der Waals surface area contributed by atoms with Crippen molar-refractivity contribution in [3.05, 3.63) is 12.4 Å². The van der Waals surface area contributed by atoms with Crippen LogP contribution in [-0.2, 0) is 0 Å². The number of ether oxygens (including phenoxy) is 1. The summed E-state index contributed by atoms with van der Waals surface area (Å²) in [5.41, 5.74) is 1.20. The Hall–Kier alpha value is -1.28. The Labute approximate surface area is 139 Å². The van der Waals surface area contributed by atoms with Crippen LogP contribution in [0.2, 0.25) is 0 Å². The molecule has 0 amide bonds. The van der Waals surface area contributed by atoms with Gasteiger partial charge in [-0.2, -0.15) is 13.2 Å². The van der Waals surface area contributed by atoms with Crippen LogP contribution in [0.3, 0.4) is 0 Å². The summed E-state index contributed by atoms with van der Waals surface area (Å²) in [6.45, 7) is 2.63. The van der Waals surface area contributed by atoms with E-state index >= 15 is 0 Å². The van der Waals surface area contributed by atoms with Crippen molar-refractivity contribution < 1.29 is 17.9 Å². The molecule has 0 radical (unpaired) electrons. The highest BCUT2D eigenvalue weighted by Gasteiger charge is 2.39. The normalized spacial score (nSPS) is 20.4. The SMILES string of the molecule is Cl.FC(F)(F)COc1ncc(N2CCC3(CCNCC3)C2)cn1. The van der Waals surface area contributed by atoms with E-state index in [1.54, 1.807) is 12.4 Å². The van der Waals surface area contributed by atoms with Gasteiger partial charge in [0.05, 0.1) is 18.1 Å². The lowest BCUT2D eigenvalue weighted by atomic mass is 9.78. The Balaban J connectivity index is 0.00000192. The van der Waals surface area contributed by atoms with Crippen LogP contribution in [0.15, 0.2) is 12.4 Å². The number of piperidine rings is 1. The first-order valence-electron chi connectivity index (χ1n) is 7.43. The largest absolute Gasteiger partial charge is 0.454 e. The van der Waals surface area contributed by atoms with Gasteiger partial charge >= 0.3 is 12.2 Å². The summed E-state index contributed by atoms with van der Waals surface area (Å²) < 4.78 is 40.7. The van der Waals surface area contributed by atoms with Crippen LogP contribution in [0.5, 0.6) is 6.01 Å². The molecule has 3 heterocycles. The fourth-order valence-corrected chi connectivity index (χ4v) is 3.21. The maximum absolute atomic E-state index is 12.1. The van der Waals surface area contributed by atoms with Crippen LogP contribution in [0.25, 0.3) is 0 Å². The quantitative estimate of drug-likeness (QED) is 0.905. The Morgan fingerprint density at radius 3 is 2.43 bits per heavy atom. The average Bonchev–Trinajstić information content (AvgIpc) is 2.89. The van der Waals surface area contributed by atoms with Crippen molar-refractivity contribution >= 4 is 18.1 Å². The number of alkyl halides is 3. The van der Waals surface area contributed by atoms with E-state index in [1.165, 1.54) is 0 Å². The fraction of sp³-hybridized carbons (Fsp3) is 0.714. The van der Waals surface area contributed by atoms with Gasteiger partial charge in [0.25, 0.3) is 0 Å². The van der Waals surface area contributed by atoms with Gasteiger partial charge in [-0.25, -0.2) is 9.97 Å². The van der Waals surface area contributed by atoms with E-state index in [1.807, 2.05) is 0 Å².